The fourth-order valence-corrected chi connectivity index (χ4v) is 2.07. The lowest BCUT2D eigenvalue weighted by Gasteiger charge is -2.17. The minimum atomic E-state index is -0.603. The van der Waals surface area contributed by atoms with Gasteiger partial charge in [-0.05, 0) is 30.7 Å². The molecule has 0 radical (unpaired) electrons. The molecule has 2 aromatic rings. The van der Waals surface area contributed by atoms with Crippen molar-refractivity contribution in [2.24, 2.45) is 0 Å². The largest absolute Gasteiger partial charge is 0.505 e. The van der Waals surface area contributed by atoms with Crippen LogP contribution in [0.2, 0.25) is 0 Å². The van der Waals surface area contributed by atoms with E-state index < -0.39 is 5.82 Å². The molecule has 0 fully saturated rings. The molecule has 2 aromatic carbocycles. The quantitative estimate of drug-likeness (QED) is 0.879. The first-order valence-electron chi connectivity index (χ1n) is 6.45. The number of methoxy groups -OCH3 is 1. The Hall–Kier alpha value is -2.07. The molecule has 2 rings (SSSR count). The van der Waals surface area contributed by atoms with Crippen LogP contribution in [0.4, 0.5) is 4.39 Å². The van der Waals surface area contributed by atoms with Gasteiger partial charge in [-0.2, -0.15) is 0 Å². The summed E-state index contributed by atoms with van der Waals surface area (Å²) in [4.78, 5) is 0. The van der Waals surface area contributed by atoms with Crippen molar-refractivity contribution in [1.82, 2.24) is 5.32 Å². The summed E-state index contributed by atoms with van der Waals surface area (Å²) in [6.07, 6.45) is 0. The zero-order chi connectivity index (χ0) is 14.5. The number of benzene rings is 2. The van der Waals surface area contributed by atoms with E-state index >= 15 is 0 Å². The van der Waals surface area contributed by atoms with Gasteiger partial charge in [0.15, 0.2) is 11.6 Å². The Bertz CT molecular complexity index is 586. The van der Waals surface area contributed by atoms with Crippen LogP contribution in [0.5, 0.6) is 11.5 Å². The lowest BCUT2D eigenvalue weighted by molar-refractivity contribution is 0.401. The third-order valence-electron chi connectivity index (χ3n) is 3.23. The summed E-state index contributed by atoms with van der Waals surface area (Å²) in [6, 6.07) is 12.2. The summed E-state index contributed by atoms with van der Waals surface area (Å²) in [6.45, 7) is 2.53. The molecule has 0 saturated heterocycles. The highest BCUT2D eigenvalue weighted by Gasteiger charge is 2.10. The van der Waals surface area contributed by atoms with Crippen LogP contribution in [-0.2, 0) is 6.54 Å². The van der Waals surface area contributed by atoms with Crippen molar-refractivity contribution < 1.29 is 14.2 Å². The minimum Gasteiger partial charge on any atom is -0.505 e. The molecule has 20 heavy (non-hydrogen) atoms. The standard InChI is InChI=1S/C16H18FNO2/c1-11(13-5-3-4-6-16(13)20-2)18-10-12-7-8-15(19)14(17)9-12/h3-9,11,18-19H,10H2,1-2H3/t11-/m1/s1. The SMILES string of the molecule is COc1ccccc1[C@@H](C)NCc1ccc(O)c(F)c1. The van der Waals surface area contributed by atoms with Crippen LogP contribution in [0.15, 0.2) is 42.5 Å². The number of phenolic OH excluding ortho intramolecular Hbond substituents is 1. The number of ether oxygens (including phenoxy) is 1. The van der Waals surface area contributed by atoms with E-state index in [0.29, 0.717) is 6.54 Å². The number of phenols is 1. The van der Waals surface area contributed by atoms with Crippen LogP contribution in [0.3, 0.4) is 0 Å². The highest BCUT2D eigenvalue weighted by atomic mass is 19.1. The minimum absolute atomic E-state index is 0.0722. The van der Waals surface area contributed by atoms with E-state index in [9.17, 15) is 4.39 Å². The van der Waals surface area contributed by atoms with Crippen molar-refractivity contribution in [1.29, 1.82) is 0 Å². The van der Waals surface area contributed by atoms with Gasteiger partial charge in [0.1, 0.15) is 5.75 Å². The van der Waals surface area contributed by atoms with Crippen LogP contribution in [0.25, 0.3) is 0 Å². The molecule has 4 heteroatoms. The number of rotatable bonds is 5. The van der Waals surface area contributed by atoms with Crippen LogP contribution in [0.1, 0.15) is 24.1 Å². The van der Waals surface area contributed by atoms with Crippen molar-refractivity contribution in [2.75, 3.05) is 7.11 Å². The molecule has 1 atom stereocenters. The highest BCUT2D eigenvalue weighted by molar-refractivity contribution is 5.35. The molecule has 0 unspecified atom stereocenters. The second kappa shape index (κ2) is 6.39. The topological polar surface area (TPSA) is 41.5 Å². The zero-order valence-corrected chi connectivity index (χ0v) is 11.6. The van der Waals surface area contributed by atoms with E-state index in [4.69, 9.17) is 9.84 Å². The van der Waals surface area contributed by atoms with Crippen molar-refractivity contribution in [3.8, 4) is 11.5 Å². The zero-order valence-electron chi connectivity index (χ0n) is 11.6. The van der Waals surface area contributed by atoms with Crippen LogP contribution in [-0.4, -0.2) is 12.2 Å². The number of aromatic hydroxyl groups is 1. The van der Waals surface area contributed by atoms with E-state index in [-0.39, 0.29) is 11.8 Å². The summed E-state index contributed by atoms with van der Waals surface area (Å²) in [5, 5.41) is 12.5. The smallest absolute Gasteiger partial charge is 0.165 e. The first-order chi connectivity index (χ1) is 9.61. The van der Waals surface area contributed by atoms with Crippen LogP contribution in [0, 0.1) is 5.82 Å². The Morgan fingerprint density at radius 1 is 1.25 bits per heavy atom. The number of hydrogen-bond donors (Lipinski definition) is 2. The molecule has 0 amide bonds. The molecule has 0 saturated carbocycles. The summed E-state index contributed by atoms with van der Waals surface area (Å²) >= 11 is 0. The van der Waals surface area contributed by atoms with E-state index in [1.807, 2.05) is 31.2 Å². The highest BCUT2D eigenvalue weighted by Crippen LogP contribution is 2.24. The average molecular weight is 275 g/mol. The molecule has 0 bridgehead atoms. The maximum Gasteiger partial charge on any atom is 0.165 e. The number of halogens is 1. The molecular weight excluding hydrogens is 257 g/mol. The van der Waals surface area contributed by atoms with Gasteiger partial charge in [0.2, 0.25) is 0 Å². The Labute approximate surface area is 118 Å². The summed E-state index contributed by atoms with van der Waals surface area (Å²) in [7, 11) is 1.64. The van der Waals surface area contributed by atoms with Crippen molar-refractivity contribution in [2.45, 2.75) is 19.5 Å². The van der Waals surface area contributed by atoms with Crippen LogP contribution >= 0.6 is 0 Å². The van der Waals surface area contributed by atoms with Gasteiger partial charge in [0.05, 0.1) is 7.11 Å². The van der Waals surface area contributed by atoms with E-state index in [2.05, 4.69) is 5.32 Å². The van der Waals surface area contributed by atoms with Gasteiger partial charge in [-0.25, -0.2) is 4.39 Å². The fraction of sp³-hybridized carbons (Fsp3) is 0.250. The maximum atomic E-state index is 13.2. The average Bonchev–Trinajstić information content (AvgIpc) is 2.48. The Morgan fingerprint density at radius 3 is 2.70 bits per heavy atom. The number of hydrogen-bond acceptors (Lipinski definition) is 3. The van der Waals surface area contributed by atoms with Gasteiger partial charge in [-0.1, -0.05) is 24.3 Å². The fourth-order valence-electron chi connectivity index (χ4n) is 2.07. The summed E-state index contributed by atoms with van der Waals surface area (Å²) in [5.41, 5.74) is 1.83. The van der Waals surface area contributed by atoms with E-state index in [1.54, 1.807) is 13.2 Å². The first kappa shape index (κ1) is 14.3. The van der Waals surface area contributed by atoms with E-state index in [1.165, 1.54) is 12.1 Å². The molecule has 3 nitrogen and oxygen atoms in total. The Balaban J connectivity index is 2.04. The van der Waals surface area contributed by atoms with Crippen molar-refractivity contribution >= 4 is 0 Å². The summed E-state index contributed by atoms with van der Waals surface area (Å²) in [5.74, 6) is -0.106. The molecule has 2 N–H and O–H groups in total. The van der Waals surface area contributed by atoms with Crippen molar-refractivity contribution in [3.05, 3.63) is 59.4 Å². The predicted octanol–water partition coefficient (Wildman–Crippen LogP) is 3.39. The van der Waals surface area contributed by atoms with Crippen molar-refractivity contribution in [3.63, 3.8) is 0 Å². The third-order valence-corrected chi connectivity index (χ3v) is 3.23. The van der Waals surface area contributed by atoms with Gasteiger partial charge in [0, 0.05) is 18.2 Å². The number of nitrogens with one attached hydrogen (secondary N) is 1. The van der Waals surface area contributed by atoms with Gasteiger partial charge in [-0.15, -0.1) is 0 Å². The molecule has 0 heterocycles. The third kappa shape index (κ3) is 3.27. The molecule has 0 spiro atoms. The first-order valence-corrected chi connectivity index (χ1v) is 6.45. The molecule has 0 aliphatic rings. The predicted molar refractivity (Wildman–Crippen MR) is 76.3 cm³/mol. The molecule has 0 aliphatic heterocycles. The maximum absolute atomic E-state index is 13.2. The Kier molecular flexibility index (Phi) is 4.58. The normalized spacial score (nSPS) is 12.2. The van der Waals surface area contributed by atoms with Gasteiger partial charge in [-0.3, -0.25) is 0 Å². The second-order valence-corrected chi connectivity index (χ2v) is 4.63. The lowest BCUT2D eigenvalue weighted by atomic mass is 10.1. The van der Waals surface area contributed by atoms with E-state index in [0.717, 1.165) is 16.9 Å². The molecule has 106 valence electrons. The molecule has 0 aliphatic carbocycles. The van der Waals surface area contributed by atoms with Crippen LogP contribution < -0.4 is 10.1 Å². The van der Waals surface area contributed by atoms with Gasteiger partial charge in [0.25, 0.3) is 0 Å². The van der Waals surface area contributed by atoms with Gasteiger partial charge >= 0.3 is 0 Å². The second-order valence-electron chi connectivity index (χ2n) is 4.63. The monoisotopic (exact) mass is 275 g/mol. The van der Waals surface area contributed by atoms with Gasteiger partial charge < -0.3 is 15.2 Å². The molecular formula is C16H18FNO2. The summed E-state index contributed by atoms with van der Waals surface area (Å²) < 4.78 is 18.6. The number of para-hydroxylation sites is 1. The Morgan fingerprint density at radius 2 is 2.00 bits per heavy atom. The lowest BCUT2D eigenvalue weighted by Crippen LogP contribution is -2.18. The molecule has 0 aromatic heterocycles.